The van der Waals surface area contributed by atoms with Crippen LogP contribution in [0.4, 0.5) is 0 Å². The molecule has 0 fully saturated rings. The lowest BCUT2D eigenvalue weighted by Gasteiger charge is -2.29. The molecule has 1 aliphatic rings. The zero-order valence-electron chi connectivity index (χ0n) is 17.9. The maximum Gasteiger partial charge on any atom is 0.336 e. The molecule has 31 heavy (non-hydrogen) atoms. The molecule has 0 amide bonds. The minimum absolute atomic E-state index is 0.273. The molecule has 8 nitrogen and oxygen atoms in total. The summed E-state index contributed by atoms with van der Waals surface area (Å²) in [5.41, 5.74) is 3.85. The Bertz CT molecular complexity index is 1250. The SMILES string of the molecule is COC(=O)C1=C(C)NC(C)=C(C(=O)OC)C1c1cc(OC)c2oc3ccccc3c2n1. The van der Waals surface area contributed by atoms with Crippen molar-refractivity contribution < 1.29 is 28.2 Å². The van der Waals surface area contributed by atoms with Gasteiger partial charge in [0.15, 0.2) is 11.3 Å². The van der Waals surface area contributed by atoms with Crippen molar-refractivity contribution in [2.24, 2.45) is 0 Å². The van der Waals surface area contributed by atoms with Crippen molar-refractivity contribution in [1.29, 1.82) is 0 Å². The molecule has 0 spiro atoms. The monoisotopic (exact) mass is 422 g/mol. The molecule has 0 radical (unpaired) electrons. The van der Waals surface area contributed by atoms with Crippen LogP contribution >= 0.6 is 0 Å². The number of carbonyl (C=O) groups excluding carboxylic acids is 2. The van der Waals surface area contributed by atoms with Crippen molar-refractivity contribution in [3.8, 4) is 5.75 Å². The van der Waals surface area contributed by atoms with Gasteiger partial charge in [0.05, 0.1) is 44.1 Å². The van der Waals surface area contributed by atoms with Crippen LogP contribution in [0.1, 0.15) is 25.5 Å². The first kappa shape index (κ1) is 20.5. The van der Waals surface area contributed by atoms with E-state index in [9.17, 15) is 9.59 Å². The van der Waals surface area contributed by atoms with Gasteiger partial charge in [0.25, 0.3) is 0 Å². The van der Waals surface area contributed by atoms with Crippen LogP contribution in [0.3, 0.4) is 0 Å². The second kappa shape index (κ2) is 7.79. The molecular formula is C23H22N2O6. The van der Waals surface area contributed by atoms with Crippen molar-refractivity contribution in [2.45, 2.75) is 19.8 Å². The molecule has 1 N–H and O–H groups in total. The summed E-state index contributed by atoms with van der Waals surface area (Å²) in [5, 5.41) is 3.88. The fourth-order valence-electron chi connectivity index (χ4n) is 4.02. The molecular weight excluding hydrogens is 400 g/mol. The average Bonchev–Trinajstić information content (AvgIpc) is 3.15. The van der Waals surface area contributed by atoms with Crippen LogP contribution in [0.15, 0.2) is 57.3 Å². The number of pyridine rings is 1. The number of furan rings is 1. The Balaban J connectivity index is 2.05. The number of nitrogens with zero attached hydrogens (tertiary/aromatic N) is 1. The summed E-state index contributed by atoms with van der Waals surface area (Å²) in [6.07, 6.45) is 0. The number of rotatable bonds is 4. The lowest BCUT2D eigenvalue weighted by molar-refractivity contribution is -0.137. The predicted molar refractivity (Wildman–Crippen MR) is 113 cm³/mol. The second-order valence-electron chi connectivity index (χ2n) is 7.14. The number of hydrogen-bond donors (Lipinski definition) is 1. The summed E-state index contributed by atoms with van der Waals surface area (Å²) in [6, 6.07) is 9.16. The Kier molecular flexibility index (Phi) is 5.14. The van der Waals surface area contributed by atoms with Crippen molar-refractivity contribution in [3.05, 3.63) is 58.6 Å². The summed E-state index contributed by atoms with van der Waals surface area (Å²) < 4.78 is 21.6. The maximum absolute atomic E-state index is 12.7. The molecule has 3 aromatic rings. The average molecular weight is 422 g/mol. The zero-order chi connectivity index (χ0) is 22.3. The number of dihydropyridines is 1. The summed E-state index contributed by atoms with van der Waals surface area (Å²) in [7, 11) is 4.12. The maximum atomic E-state index is 12.7. The van der Waals surface area contributed by atoms with Gasteiger partial charge in [0.1, 0.15) is 11.1 Å². The zero-order valence-corrected chi connectivity index (χ0v) is 17.9. The van der Waals surface area contributed by atoms with E-state index in [-0.39, 0.29) is 11.1 Å². The lowest BCUT2D eigenvalue weighted by atomic mass is 9.82. The van der Waals surface area contributed by atoms with Crippen LogP contribution < -0.4 is 10.1 Å². The van der Waals surface area contributed by atoms with Gasteiger partial charge in [0.2, 0.25) is 0 Å². The molecule has 0 saturated heterocycles. The van der Waals surface area contributed by atoms with E-state index in [1.807, 2.05) is 24.3 Å². The number of carbonyl (C=O) groups is 2. The number of methoxy groups -OCH3 is 3. The number of nitrogens with one attached hydrogen (secondary N) is 1. The van der Waals surface area contributed by atoms with Gasteiger partial charge in [-0.15, -0.1) is 0 Å². The van der Waals surface area contributed by atoms with Crippen molar-refractivity contribution in [1.82, 2.24) is 10.3 Å². The molecule has 0 aliphatic carbocycles. The van der Waals surface area contributed by atoms with Crippen molar-refractivity contribution in [2.75, 3.05) is 21.3 Å². The molecule has 0 atom stereocenters. The largest absolute Gasteiger partial charge is 0.493 e. The third-order valence-electron chi connectivity index (χ3n) is 5.40. The van der Waals surface area contributed by atoms with Gasteiger partial charge in [-0.25, -0.2) is 14.6 Å². The van der Waals surface area contributed by atoms with E-state index in [0.29, 0.717) is 39.5 Å². The van der Waals surface area contributed by atoms with Crippen LogP contribution in [-0.2, 0) is 19.1 Å². The third-order valence-corrected chi connectivity index (χ3v) is 5.40. The van der Waals surface area contributed by atoms with E-state index < -0.39 is 17.9 Å². The number of hydrogen-bond acceptors (Lipinski definition) is 8. The van der Waals surface area contributed by atoms with Crippen LogP contribution in [0, 0.1) is 0 Å². The number of para-hydroxylation sites is 1. The quantitative estimate of drug-likeness (QED) is 0.637. The standard InChI is InChI=1S/C23H22N2O6/c1-11-17(22(26)29-4)19(18(12(2)24-11)23(27)30-5)14-10-16(28-3)21-20(25-14)13-8-6-7-9-15(13)31-21/h6-10,19,24H,1-5H3. The van der Waals surface area contributed by atoms with E-state index in [1.54, 1.807) is 19.9 Å². The van der Waals surface area contributed by atoms with Gasteiger partial charge in [-0.2, -0.15) is 0 Å². The van der Waals surface area contributed by atoms with Gasteiger partial charge in [-0.3, -0.25) is 0 Å². The number of aromatic nitrogens is 1. The number of ether oxygens (including phenoxy) is 3. The number of allylic oxidation sites excluding steroid dienone is 2. The predicted octanol–water partition coefficient (Wildman–Crippen LogP) is 3.57. The Morgan fingerprint density at radius 1 is 1.00 bits per heavy atom. The molecule has 1 aromatic carbocycles. The summed E-state index contributed by atoms with van der Waals surface area (Å²) in [5.74, 6) is -1.50. The van der Waals surface area contributed by atoms with Gasteiger partial charge in [-0.05, 0) is 26.0 Å². The van der Waals surface area contributed by atoms with E-state index in [0.717, 1.165) is 5.39 Å². The van der Waals surface area contributed by atoms with Crippen LogP contribution in [0.2, 0.25) is 0 Å². The topological polar surface area (TPSA) is 99.9 Å². The van der Waals surface area contributed by atoms with Gasteiger partial charge in [0, 0.05) is 22.8 Å². The summed E-state index contributed by atoms with van der Waals surface area (Å²) in [4.78, 5) is 30.3. The first-order valence-electron chi connectivity index (χ1n) is 9.62. The first-order chi connectivity index (χ1) is 14.9. The fourth-order valence-corrected chi connectivity index (χ4v) is 4.02. The van der Waals surface area contributed by atoms with Gasteiger partial charge < -0.3 is 23.9 Å². The lowest BCUT2D eigenvalue weighted by Crippen LogP contribution is -2.32. The molecule has 3 heterocycles. The molecule has 0 bridgehead atoms. The second-order valence-corrected chi connectivity index (χ2v) is 7.14. The number of esters is 2. The third kappa shape index (κ3) is 3.20. The highest BCUT2D eigenvalue weighted by Gasteiger charge is 2.39. The highest BCUT2D eigenvalue weighted by molar-refractivity contribution is 6.05. The van der Waals surface area contributed by atoms with Crippen LogP contribution in [-0.4, -0.2) is 38.3 Å². The summed E-state index contributed by atoms with van der Waals surface area (Å²) >= 11 is 0. The Morgan fingerprint density at radius 2 is 1.61 bits per heavy atom. The molecule has 0 unspecified atom stereocenters. The molecule has 4 rings (SSSR count). The highest BCUT2D eigenvalue weighted by atomic mass is 16.5. The van der Waals surface area contributed by atoms with Crippen LogP contribution in [0.5, 0.6) is 5.75 Å². The summed E-state index contributed by atoms with van der Waals surface area (Å²) in [6.45, 7) is 3.50. The normalized spacial score (nSPS) is 14.7. The minimum Gasteiger partial charge on any atom is -0.493 e. The van der Waals surface area contributed by atoms with Crippen molar-refractivity contribution in [3.63, 3.8) is 0 Å². The first-order valence-corrected chi connectivity index (χ1v) is 9.62. The molecule has 8 heteroatoms. The van der Waals surface area contributed by atoms with Gasteiger partial charge in [-0.1, -0.05) is 12.1 Å². The fraction of sp³-hybridized carbons (Fsp3) is 0.261. The molecule has 0 saturated carbocycles. The van der Waals surface area contributed by atoms with E-state index in [4.69, 9.17) is 23.6 Å². The Labute approximate surface area is 178 Å². The van der Waals surface area contributed by atoms with E-state index >= 15 is 0 Å². The van der Waals surface area contributed by atoms with E-state index in [2.05, 4.69) is 5.32 Å². The minimum atomic E-state index is -0.812. The highest BCUT2D eigenvalue weighted by Crippen LogP contribution is 2.42. The Morgan fingerprint density at radius 3 is 2.19 bits per heavy atom. The van der Waals surface area contributed by atoms with Crippen LogP contribution in [0.25, 0.3) is 22.1 Å². The van der Waals surface area contributed by atoms with Crippen molar-refractivity contribution >= 4 is 34.0 Å². The number of benzene rings is 1. The molecule has 1 aliphatic heterocycles. The smallest absolute Gasteiger partial charge is 0.336 e. The van der Waals surface area contributed by atoms with E-state index in [1.165, 1.54) is 21.3 Å². The van der Waals surface area contributed by atoms with Gasteiger partial charge >= 0.3 is 11.9 Å². The molecule has 2 aromatic heterocycles. The Hall–Kier alpha value is -3.81. The number of fused-ring (bicyclic) bond motifs is 3. The molecule has 160 valence electrons.